The van der Waals surface area contributed by atoms with Crippen LogP contribution in [-0.4, -0.2) is 56.8 Å². The number of rotatable bonds is 11. The van der Waals surface area contributed by atoms with Crippen LogP contribution in [0.1, 0.15) is 53.5 Å². The molecular weight excluding hydrogens is 534 g/mol. The average Bonchev–Trinajstić information content (AvgIpc) is 3.49. The van der Waals surface area contributed by atoms with Gasteiger partial charge in [-0.15, -0.1) is 0 Å². The van der Waals surface area contributed by atoms with Crippen molar-refractivity contribution in [2.75, 3.05) is 32.3 Å². The molecule has 1 aliphatic carbocycles. The summed E-state index contributed by atoms with van der Waals surface area (Å²) in [6.45, 7) is 2.64. The number of aryl methyl sites for hydroxylation is 1. The van der Waals surface area contributed by atoms with Crippen LogP contribution in [0.5, 0.6) is 23.1 Å². The number of aromatic nitrogens is 1. The fraction of sp³-hybridized carbons (Fsp3) is 0.400. The molecule has 3 aromatic rings. The number of carbonyl (C=O) groups is 1. The van der Waals surface area contributed by atoms with Gasteiger partial charge in [0.15, 0.2) is 0 Å². The molecule has 0 amide bonds. The van der Waals surface area contributed by atoms with E-state index in [4.69, 9.17) is 24.1 Å². The van der Waals surface area contributed by atoms with Gasteiger partial charge in [0, 0.05) is 41.6 Å². The molecule has 212 valence electrons. The maximum absolute atomic E-state index is 11.4. The summed E-state index contributed by atoms with van der Waals surface area (Å²) in [6, 6.07) is 11.7. The first-order valence-corrected chi connectivity index (χ1v) is 15.3. The molecule has 0 saturated carbocycles. The molecule has 5 rings (SSSR count). The Labute approximate surface area is 234 Å². The zero-order chi connectivity index (χ0) is 28.4. The van der Waals surface area contributed by atoms with E-state index in [-0.39, 0.29) is 24.2 Å². The van der Waals surface area contributed by atoms with Crippen LogP contribution >= 0.6 is 0 Å². The van der Waals surface area contributed by atoms with Gasteiger partial charge in [-0.25, -0.2) is 13.4 Å². The van der Waals surface area contributed by atoms with Gasteiger partial charge < -0.3 is 24.1 Å². The number of sulfone groups is 1. The number of benzene rings is 2. The third kappa shape index (κ3) is 6.01. The van der Waals surface area contributed by atoms with E-state index in [0.717, 1.165) is 40.7 Å². The molecule has 0 fully saturated rings. The van der Waals surface area contributed by atoms with Gasteiger partial charge in [0.05, 0.1) is 32.5 Å². The Hall–Kier alpha value is -3.79. The highest BCUT2D eigenvalue weighted by molar-refractivity contribution is 7.90. The molecule has 1 N–H and O–H groups in total. The largest absolute Gasteiger partial charge is 0.496 e. The number of aliphatic carboxylic acids is 1. The summed E-state index contributed by atoms with van der Waals surface area (Å²) >= 11 is 0. The van der Waals surface area contributed by atoms with E-state index < -0.39 is 15.8 Å². The zero-order valence-corrected chi connectivity index (χ0v) is 23.6. The smallest absolute Gasteiger partial charge is 0.304 e. The number of methoxy groups -OCH3 is 1. The fourth-order valence-corrected chi connectivity index (χ4v) is 6.17. The Kier molecular flexibility index (Phi) is 7.89. The molecule has 40 heavy (non-hydrogen) atoms. The molecule has 1 unspecified atom stereocenters. The van der Waals surface area contributed by atoms with Crippen LogP contribution in [0.2, 0.25) is 0 Å². The molecular formula is C30H33NO8S. The molecule has 0 bridgehead atoms. The number of carboxylic acid groups (broad SMARTS) is 1. The maximum Gasteiger partial charge on any atom is 0.304 e. The van der Waals surface area contributed by atoms with E-state index in [2.05, 4.69) is 17.1 Å². The standard InChI is InChI=1S/C30H33NO8S/c1-18-12-20(37-10-5-11-40(3,34)35)14-27(36-2)30(18)23-7-4-6-22-21(23)8-9-25(22)39-28-15-26-24(16-31-28)19(17-38-26)13-29(32)33/h4,6-7,12,14-16,19,25H,5,8-11,13,17H2,1-3H3,(H,32,33)/t19-,25?/m1/s1. The summed E-state index contributed by atoms with van der Waals surface area (Å²) < 4.78 is 46.4. The Morgan fingerprint density at radius 2 is 2.02 bits per heavy atom. The molecule has 2 aliphatic rings. The predicted molar refractivity (Wildman–Crippen MR) is 149 cm³/mol. The number of fused-ring (bicyclic) bond motifs is 2. The van der Waals surface area contributed by atoms with Crippen molar-refractivity contribution < 1.29 is 37.3 Å². The zero-order valence-electron chi connectivity index (χ0n) is 22.8. The first kappa shape index (κ1) is 27.8. The molecule has 0 spiro atoms. The SMILES string of the molecule is COc1cc(OCCCS(C)(=O)=O)cc(C)c1-c1cccc2c1CCC2Oc1cc2c(cn1)[C@H](CC(=O)O)CO2. The lowest BCUT2D eigenvalue weighted by Gasteiger charge is -2.18. The van der Waals surface area contributed by atoms with Crippen LogP contribution in [-0.2, 0) is 21.1 Å². The van der Waals surface area contributed by atoms with Crippen molar-refractivity contribution in [1.82, 2.24) is 4.98 Å². The first-order valence-electron chi connectivity index (χ1n) is 13.3. The summed E-state index contributed by atoms with van der Waals surface area (Å²) in [6.07, 6.45) is 4.74. The highest BCUT2D eigenvalue weighted by atomic mass is 32.2. The third-order valence-electron chi connectivity index (χ3n) is 7.34. The van der Waals surface area contributed by atoms with E-state index in [9.17, 15) is 13.2 Å². The molecule has 0 radical (unpaired) electrons. The van der Waals surface area contributed by atoms with E-state index in [1.54, 1.807) is 19.4 Å². The van der Waals surface area contributed by atoms with Crippen LogP contribution in [0.3, 0.4) is 0 Å². The van der Waals surface area contributed by atoms with Crippen molar-refractivity contribution in [3.63, 3.8) is 0 Å². The van der Waals surface area contributed by atoms with Gasteiger partial charge in [-0.2, -0.15) is 0 Å². The molecule has 1 aliphatic heterocycles. The fourth-order valence-electron chi connectivity index (χ4n) is 5.53. The minimum absolute atomic E-state index is 0.00677. The molecule has 1 aromatic heterocycles. The quantitative estimate of drug-likeness (QED) is 0.323. The number of carboxylic acids is 1. The van der Waals surface area contributed by atoms with Crippen LogP contribution in [0.25, 0.3) is 11.1 Å². The van der Waals surface area contributed by atoms with Crippen molar-refractivity contribution in [3.8, 4) is 34.3 Å². The first-order chi connectivity index (χ1) is 19.1. The molecule has 9 nitrogen and oxygen atoms in total. The van der Waals surface area contributed by atoms with Crippen molar-refractivity contribution >= 4 is 15.8 Å². The topological polar surface area (TPSA) is 121 Å². The average molecular weight is 568 g/mol. The molecule has 2 heterocycles. The van der Waals surface area contributed by atoms with Gasteiger partial charge in [0.1, 0.15) is 33.2 Å². The second-order valence-corrected chi connectivity index (χ2v) is 12.6. The van der Waals surface area contributed by atoms with Gasteiger partial charge in [-0.3, -0.25) is 4.79 Å². The highest BCUT2D eigenvalue weighted by Gasteiger charge is 2.31. The Balaban J connectivity index is 1.35. The van der Waals surface area contributed by atoms with Crippen molar-refractivity contribution in [1.29, 1.82) is 0 Å². The number of hydrogen-bond acceptors (Lipinski definition) is 8. The number of hydrogen-bond donors (Lipinski definition) is 1. The van der Waals surface area contributed by atoms with Crippen molar-refractivity contribution in [3.05, 3.63) is 64.8 Å². The number of nitrogens with zero attached hydrogens (tertiary/aromatic N) is 1. The summed E-state index contributed by atoms with van der Waals surface area (Å²) in [5.41, 5.74) is 6.12. The van der Waals surface area contributed by atoms with Crippen molar-refractivity contribution in [2.24, 2.45) is 0 Å². The number of ether oxygens (including phenoxy) is 4. The van der Waals surface area contributed by atoms with Crippen LogP contribution in [0.15, 0.2) is 42.6 Å². The van der Waals surface area contributed by atoms with Crippen LogP contribution in [0, 0.1) is 6.92 Å². The van der Waals surface area contributed by atoms with Gasteiger partial charge in [-0.05, 0) is 54.5 Å². The second-order valence-electron chi connectivity index (χ2n) is 10.3. The summed E-state index contributed by atoms with van der Waals surface area (Å²) in [5, 5.41) is 9.14. The van der Waals surface area contributed by atoms with E-state index >= 15 is 0 Å². The van der Waals surface area contributed by atoms with E-state index in [1.165, 1.54) is 11.8 Å². The Morgan fingerprint density at radius 3 is 2.77 bits per heavy atom. The lowest BCUT2D eigenvalue weighted by Crippen LogP contribution is -2.08. The summed E-state index contributed by atoms with van der Waals surface area (Å²) in [7, 11) is -1.40. The predicted octanol–water partition coefficient (Wildman–Crippen LogP) is 4.90. The van der Waals surface area contributed by atoms with Crippen LogP contribution in [0.4, 0.5) is 0 Å². The second kappa shape index (κ2) is 11.4. The lowest BCUT2D eigenvalue weighted by molar-refractivity contribution is -0.137. The Morgan fingerprint density at radius 1 is 1.20 bits per heavy atom. The number of pyridine rings is 1. The maximum atomic E-state index is 11.4. The van der Waals surface area contributed by atoms with Gasteiger partial charge in [0.2, 0.25) is 5.88 Å². The van der Waals surface area contributed by atoms with Gasteiger partial charge in [-0.1, -0.05) is 18.2 Å². The van der Waals surface area contributed by atoms with Crippen LogP contribution < -0.4 is 18.9 Å². The minimum atomic E-state index is -3.03. The van der Waals surface area contributed by atoms with Gasteiger partial charge in [0.25, 0.3) is 0 Å². The highest BCUT2D eigenvalue weighted by Crippen LogP contribution is 2.45. The molecule has 0 saturated heterocycles. The van der Waals surface area contributed by atoms with Crippen molar-refractivity contribution in [2.45, 2.75) is 44.6 Å². The monoisotopic (exact) mass is 567 g/mol. The van der Waals surface area contributed by atoms with E-state index in [1.807, 2.05) is 25.1 Å². The molecule has 10 heteroatoms. The summed E-state index contributed by atoms with van der Waals surface area (Å²) in [4.78, 5) is 15.6. The molecule has 2 atom stereocenters. The molecule has 2 aromatic carbocycles. The minimum Gasteiger partial charge on any atom is -0.496 e. The van der Waals surface area contributed by atoms with Gasteiger partial charge >= 0.3 is 5.97 Å². The lowest BCUT2D eigenvalue weighted by atomic mass is 9.92. The summed E-state index contributed by atoms with van der Waals surface area (Å²) in [5.74, 6) is 1.41. The Bertz CT molecular complexity index is 1530. The van der Waals surface area contributed by atoms with E-state index in [0.29, 0.717) is 42.8 Å². The normalized spacial score (nSPS) is 17.6. The third-order valence-corrected chi connectivity index (χ3v) is 8.37.